The van der Waals surface area contributed by atoms with Gasteiger partial charge in [0.05, 0.1) is 6.61 Å². The number of esters is 1. The van der Waals surface area contributed by atoms with E-state index in [1.165, 1.54) is 24.3 Å². The summed E-state index contributed by atoms with van der Waals surface area (Å²) < 4.78 is 9.74. The molecule has 0 radical (unpaired) electrons. The van der Waals surface area contributed by atoms with Crippen LogP contribution in [0.25, 0.3) is 0 Å². The van der Waals surface area contributed by atoms with Crippen molar-refractivity contribution in [2.24, 2.45) is 5.73 Å². The summed E-state index contributed by atoms with van der Waals surface area (Å²) in [6, 6.07) is 6.08. The molecular formula is C13H16N2O5. The molecule has 1 aromatic carbocycles. The minimum absolute atomic E-state index is 0.188. The number of primary amides is 1. The molecule has 0 aromatic heterocycles. The van der Waals surface area contributed by atoms with Crippen molar-refractivity contribution >= 4 is 17.8 Å². The molecule has 108 valence electrons. The molecule has 0 aliphatic carbocycles. The maximum absolute atomic E-state index is 11.7. The number of rotatable bonds is 7. The van der Waals surface area contributed by atoms with E-state index in [0.29, 0.717) is 11.3 Å². The van der Waals surface area contributed by atoms with Crippen LogP contribution in [0.3, 0.4) is 0 Å². The second-order valence-corrected chi connectivity index (χ2v) is 3.77. The van der Waals surface area contributed by atoms with Crippen LogP contribution in [0.4, 0.5) is 0 Å². The summed E-state index contributed by atoms with van der Waals surface area (Å²) in [5.74, 6) is -1.06. The monoisotopic (exact) mass is 280 g/mol. The zero-order valence-corrected chi connectivity index (χ0v) is 11.0. The Kier molecular flexibility index (Phi) is 6.02. The van der Waals surface area contributed by atoms with Crippen LogP contribution in [-0.2, 0) is 14.3 Å². The first-order valence-electron chi connectivity index (χ1n) is 5.98. The number of ether oxygens (including phenoxy) is 2. The second kappa shape index (κ2) is 7.78. The predicted octanol–water partition coefficient (Wildman–Crippen LogP) is -0.156. The van der Waals surface area contributed by atoms with Gasteiger partial charge in [-0.3, -0.25) is 14.4 Å². The van der Waals surface area contributed by atoms with E-state index in [1.54, 1.807) is 6.92 Å². The SMILES string of the molecule is CCOC(=O)CNC(=O)c1ccc(OCC(N)=O)cc1. The smallest absolute Gasteiger partial charge is 0.325 e. The van der Waals surface area contributed by atoms with Crippen molar-refractivity contribution in [1.82, 2.24) is 5.32 Å². The van der Waals surface area contributed by atoms with Crippen molar-refractivity contribution in [3.8, 4) is 5.75 Å². The topological polar surface area (TPSA) is 108 Å². The molecule has 3 N–H and O–H groups in total. The third-order valence-electron chi connectivity index (χ3n) is 2.20. The molecule has 1 aromatic rings. The maximum Gasteiger partial charge on any atom is 0.325 e. The highest BCUT2D eigenvalue weighted by Gasteiger charge is 2.08. The molecule has 1 rings (SSSR count). The van der Waals surface area contributed by atoms with E-state index in [9.17, 15) is 14.4 Å². The highest BCUT2D eigenvalue weighted by Crippen LogP contribution is 2.11. The average Bonchev–Trinajstić information content (AvgIpc) is 2.43. The van der Waals surface area contributed by atoms with Crippen LogP contribution in [0.2, 0.25) is 0 Å². The zero-order chi connectivity index (χ0) is 15.0. The number of nitrogens with one attached hydrogen (secondary N) is 1. The molecule has 7 nitrogen and oxygen atoms in total. The van der Waals surface area contributed by atoms with Gasteiger partial charge in [-0.05, 0) is 31.2 Å². The Bertz CT molecular complexity index is 484. The molecule has 0 atom stereocenters. The summed E-state index contributed by atoms with van der Waals surface area (Å²) in [7, 11) is 0. The molecule has 0 saturated heterocycles. The van der Waals surface area contributed by atoms with E-state index >= 15 is 0 Å². The molecular weight excluding hydrogens is 264 g/mol. The fourth-order valence-corrected chi connectivity index (χ4v) is 1.32. The maximum atomic E-state index is 11.7. The fourth-order valence-electron chi connectivity index (χ4n) is 1.32. The normalized spacial score (nSPS) is 9.65. The largest absolute Gasteiger partial charge is 0.484 e. The number of hydrogen-bond acceptors (Lipinski definition) is 5. The summed E-state index contributed by atoms with van der Waals surface area (Å²) in [6.07, 6.45) is 0. The summed E-state index contributed by atoms with van der Waals surface area (Å²) in [5.41, 5.74) is 5.30. The summed E-state index contributed by atoms with van der Waals surface area (Å²) >= 11 is 0. The number of carbonyl (C=O) groups is 3. The van der Waals surface area contributed by atoms with Gasteiger partial charge in [-0.2, -0.15) is 0 Å². The minimum atomic E-state index is -0.582. The highest BCUT2D eigenvalue weighted by molar-refractivity contribution is 5.96. The fraction of sp³-hybridized carbons (Fsp3) is 0.308. The van der Waals surface area contributed by atoms with Gasteiger partial charge in [0, 0.05) is 5.56 Å². The molecule has 0 spiro atoms. The number of benzene rings is 1. The predicted molar refractivity (Wildman–Crippen MR) is 70.1 cm³/mol. The molecule has 0 saturated carbocycles. The van der Waals surface area contributed by atoms with Gasteiger partial charge < -0.3 is 20.5 Å². The van der Waals surface area contributed by atoms with Crippen LogP contribution >= 0.6 is 0 Å². The van der Waals surface area contributed by atoms with Crippen molar-refractivity contribution in [3.05, 3.63) is 29.8 Å². The summed E-state index contributed by atoms with van der Waals surface area (Å²) in [6.45, 7) is 1.53. The van der Waals surface area contributed by atoms with Gasteiger partial charge in [-0.25, -0.2) is 0 Å². The van der Waals surface area contributed by atoms with Crippen LogP contribution in [0, 0.1) is 0 Å². The number of nitrogens with two attached hydrogens (primary N) is 1. The van der Waals surface area contributed by atoms with Gasteiger partial charge in [0.2, 0.25) is 0 Å². The minimum Gasteiger partial charge on any atom is -0.484 e. The Morgan fingerprint density at radius 2 is 1.85 bits per heavy atom. The molecule has 0 unspecified atom stereocenters. The summed E-state index contributed by atoms with van der Waals surface area (Å²) in [5, 5.41) is 2.42. The molecule has 20 heavy (non-hydrogen) atoms. The molecule has 0 aliphatic rings. The lowest BCUT2D eigenvalue weighted by Gasteiger charge is -2.06. The third kappa shape index (κ3) is 5.38. The van der Waals surface area contributed by atoms with Gasteiger partial charge in [0.1, 0.15) is 12.3 Å². The van der Waals surface area contributed by atoms with Crippen LogP contribution < -0.4 is 15.8 Å². The standard InChI is InChI=1S/C13H16N2O5/c1-2-19-12(17)7-15-13(18)9-3-5-10(6-4-9)20-8-11(14)16/h3-6H,2,7-8H2,1H3,(H2,14,16)(H,15,18). The molecule has 7 heteroatoms. The first kappa shape index (κ1) is 15.5. The van der Waals surface area contributed by atoms with E-state index < -0.39 is 17.8 Å². The van der Waals surface area contributed by atoms with E-state index in [4.69, 9.17) is 10.5 Å². The lowest BCUT2D eigenvalue weighted by atomic mass is 10.2. The van der Waals surface area contributed by atoms with Crippen LogP contribution in [-0.4, -0.2) is 37.5 Å². The van der Waals surface area contributed by atoms with Gasteiger partial charge >= 0.3 is 5.97 Å². The van der Waals surface area contributed by atoms with Crippen molar-refractivity contribution < 1.29 is 23.9 Å². The van der Waals surface area contributed by atoms with Gasteiger partial charge in [0.15, 0.2) is 6.61 Å². The average molecular weight is 280 g/mol. The number of hydrogen-bond donors (Lipinski definition) is 2. The first-order chi connectivity index (χ1) is 9.52. The highest BCUT2D eigenvalue weighted by atomic mass is 16.5. The second-order valence-electron chi connectivity index (χ2n) is 3.77. The Labute approximate surface area is 116 Å². The van der Waals surface area contributed by atoms with Crippen LogP contribution in [0.1, 0.15) is 17.3 Å². The molecule has 0 heterocycles. The van der Waals surface area contributed by atoms with Crippen molar-refractivity contribution in [2.45, 2.75) is 6.92 Å². The summed E-state index contributed by atoms with van der Waals surface area (Å²) in [4.78, 5) is 33.3. The third-order valence-corrected chi connectivity index (χ3v) is 2.20. The number of amides is 2. The molecule has 0 fully saturated rings. The van der Waals surface area contributed by atoms with Crippen molar-refractivity contribution in [1.29, 1.82) is 0 Å². The van der Waals surface area contributed by atoms with Gasteiger partial charge in [-0.1, -0.05) is 0 Å². The molecule has 0 bridgehead atoms. The Hall–Kier alpha value is -2.57. The zero-order valence-electron chi connectivity index (χ0n) is 11.0. The van der Waals surface area contributed by atoms with E-state index in [1.807, 2.05) is 0 Å². The van der Waals surface area contributed by atoms with Gasteiger partial charge in [-0.15, -0.1) is 0 Å². The van der Waals surface area contributed by atoms with E-state index in [2.05, 4.69) is 10.1 Å². The number of carbonyl (C=O) groups excluding carboxylic acids is 3. The van der Waals surface area contributed by atoms with E-state index in [-0.39, 0.29) is 19.8 Å². The van der Waals surface area contributed by atoms with Crippen molar-refractivity contribution in [3.63, 3.8) is 0 Å². The Morgan fingerprint density at radius 1 is 1.20 bits per heavy atom. The quantitative estimate of drug-likeness (QED) is 0.675. The Morgan fingerprint density at radius 3 is 2.40 bits per heavy atom. The van der Waals surface area contributed by atoms with E-state index in [0.717, 1.165) is 0 Å². The van der Waals surface area contributed by atoms with Crippen molar-refractivity contribution in [2.75, 3.05) is 19.8 Å². The molecule has 2 amide bonds. The lowest BCUT2D eigenvalue weighted by Crippen LogP contribution is -2.30. The first-order valence-corrected chi connectivity index (χ1v) is 5.98. The molecule has 0 aliphatic heterocycles. The Balaban J connectivity index is 2.48. The lowest BCUT2D eigenvalue weighted by molar-refractivity contribution is -0.141. The van der Waals surface area contributed by atoms with Crippen LogP contribution in [0.15, 0.2) is 24.3 Å². The van der Waals surface area contributed by atoms with Gasteiger partial charge in [0.25, 0.3) is 11.8 Å². The van der Waals surface area contributed by atoms with Crippen LogP contribution in [0.5, 0.6) is 5.75 Å².